The Kier molecular flexibility index (Phi) is 5.50. The Morgan fingerprint density at radius 1 is 1.23 bits per heavy atom. The minimum Gasteiger partial charge on any atom is -0.301 e. The maximum atomic E-state index is 12.8. The average molecular weight is 451 g/mol. The van der Waals surface area contributed by atoms with Crippen LogP contribution in [0.1, 0.15) is 5.56 Å². The second-order valence-corrected chi connectivity index (χ2v) is 7.37. The third-order valence-corrected chi connectivity index (χ3v) is 4.84. The quantitative estimate of drug-likeness (QED) is 0.433. The Balaban J connectivity index is 1.90. The van der Waals surface area contributed by atoms with Gasteiger partial charge in [-0.05, 0) is 67.2 Å². The summed E-state index contributed by atoms with van der Waals surface area (Å²) in [6, 6.07) is 12.2. The van der Waals surface area contributed by atoms with Crippen LogP contribution in [0.2, 0.25) is 5.02 Å². The molecule has 2 aromatic rings. The Morgan fingerprint density at radius 2 is 1.92 bits per heavy atom. The van der Waals surface area contributed by atoms with Gasteiger partial charge in [0.1, 0.15) is 0 Å². The number of hydrogen-bond donors (Lipinski definition) is 1. The molecule has 2 amide bonds. The molecule has 0 aromatic heterocycles. The topological polar surface area (TPSA) is 61.8 Å². The van der Waals surface area contributed by atoms with E-state index >= 15 is 0 Å². The summed E-state index contributed by atoms with van der Waals surface area (Å²) in [7, 11) is 0. The molecule has 0 unspecified atom stereocenters. The highest BCUT2D eigenvalue weighted by molar-refractivity contribution is 9.10. The molecular weight excluding hydrogens is 438 g/mol. The zero-order chi connectivity index (χ0) is 18.8. The Bertz CT molecular complexity index is 931. The highest BCUT2D eigenvalue weighted by Crippen LogP contribution is 2.25. The molecule has 1 aliphatic heterocycles. The molecule has 26 heavy (non-hydrogen) atoms. The minimum atomic E-state index is -1.07. The summed E-state index contributed by atoms with van der Waals surface area (Å²) < 4.78 is 0.930. The summed E-state index contributed by atoms with van der Waals surface area (Å²) in [6.07, 6.45) is 1.35. The van der Waals surface area contributed by atoms with Crippen LogP contribution in [0, 0.1) is 12.8 Å². The van der Waals surface area contributed by atoms with Crippen LogP contribution in [0.3, 0.4) is 0 Å². The zero-order valence-corrected chi connectivity index (χ0v) is 16.7. The number of aryl methyl sites for hydroxylation is 1. The minimum absolute atomic E-state index is 0.0341. The molecule has 1 saturated heterocycles. The molecule has 0 radical (unpaired) electrons. The first-order valence-electron chi connectivity index (χ1n) is 7.61. The van der Waals surface area contributed by atoms with E-state index in [9.17, 15) is 9.59 Å². The summed E-state index contributed by atoms with van der Waals surface area (Å²) in [4.78, 5) is 30.7. The van der Waals surface area contributed by atoms with Gasteiger partial charge in [-0.2, -0.15) is 0 Å². The van der Waals surface area contributed by atoms with Gasteiger partial charge >= 0.3 is 0 Å². The van der Waals surface area contributed by atoms with Gasteiger partial charge < -0.3 is 5.32 Å². The van der Waals surface area contributed by atoms with Crippen LogP contribution in [-0.4, -0.2) is 23.1 Å². The first kappa shape index (κ1) is 18.7. The molecule has 0 aliphatic carbocycles. The summed E-state index contributed by atoms with van der Waals surface area (Å²) in [6.45, 7) is 1.90. The normalized spacial score (nSPS) is 17.7. The number of anilines is 1. The fourth-order valence-electron chi connectivity index (χ4n) is 2.48. The van der Waals surface area contributed by atoms with E-state index in [-0.39, 0.29) is 5.11 Å². The SMILES string of the molecule is Cc1cc(Br)ccc1N=C[C@H]1C(=O)NC(=S)N(c2ccc(Cl)cc2)C1=O. The maximum absolute atomic E-state index is 12.8. The van der Waals surface area contributed by atoms with Crippen LogP contribution in [0.25, 0.3) is 0 Å². The van der Waals surface area contributed by atoms with Gasteiger partial charge in [-0.3, -0.25) is 19.5 Å². The molecule has 0 spiro atoms. The number of benzene rings is 2. The molecule has 0 saturated carbocycles. The van der Waals surface area contributed by atoms with Crippen molar-refractivity contribution in [1.82, 2.24) is 5.32 Å². The second-order valence-electron chi connectivity index (χ2n) is 5.63. The number of halogens is 2. The molecule has 1 aliphatic rings. The van der Waals surface area contributed by atoms with Gasteiger partial charge in [0.2, 0.25) is 5.91 Å². The van der Waals surface area contributed by atoms with E-state index in [2.05, 4.69) is 26.2 Å². The van der Waals surface area contributed by atoms with E-state index in [1.807, 2.05) is 25.1 Å². The summed E-state index contributed by atoms with van der Waals surface area (Å²) in [5, 5.41) is 3.12. The van der Waals surface area contributed by atoms with Gasteiger partial charge in [-0.1, -0.05) is 27.5 Å². The first-order chi connectivity index (χ1) is 12.4. The van der Waals surface area contributed by atoms with Crippen LogP contribution in [-0.2, 0) is 9.59 Å². The molecule has 1 fully saturated rings. The van der Waals surface area contributed by atoms with Gasteiger partial charge in [0.05, 0.1) is 11.4 Å². The number of nitrogens with one attached hydrogen (secondary N) is 1. The van der Waals surface area contributed by atoms with Crippen molar-refractivity contribution in [3.05, 3.63) is 57.5 Å². The third kappa shape index (κ3) is 3.85. The molecule has 0 bridgehead atoms. The van der Waals surface area contributed by atoms with Crippen molar-refractivity contribution < 1.29 is 9.59 Å². The number of amides is 2. The molecule has 1 heterocycles. The fraction of sp³-hybridized carbons (Fsp3) is 0.111. The molecule has 1 N–H and O–H groups in total. The van der Waals surface area contributed by atoms with Gasteiger partial charge in [0.25, 0.3) is 5.91 Å². The highest BCUT2D eigenvalue weighted by atomic mass is 79.9. The van der Waals surface area contributed by atoms with E-state index in [4.69, 9.17) is 23.8 Å². The van der Waals surface area contributed by atoms with E-state index < -0.39 is 17.7 Å². The van der Waals surface area contributed by atoms with Crippen LogP contribution >= 0.6 is 39.7 Å². The molecule has 132 valence electrons. The van der Waals surface area contributed by atoms with Crippen LogP contribution in [0.5, 0.6) is 0 Å². The number of nitrogens with zero attached hydrogens (tertiary/aromatic N) is 2. The van der Waals surface area contributed by atoms with Gasteiger partial charge in [-0.25, -0.2) is 0 Å². The predicted molar refractivity (Wildman–Crippen MR) is 110 cm³/mol. The predicted octanol–water partition coefficient (Wildman–Crippen LogP) is 4.18. The molecule has 1 atom stereocenters. The molecule has 8 heteroatoms. The van der Waals surface area contributed by atoms with E-state index in [0.29, 0.717) is 16.4 Å². The number of hydrogen-bond acceptors (Lipinski definition) is 4. The Labute approximate surface area is 169 Å². The maximum Gasteiger partial charge on any atom is 0.251 e. The van der Waals surface area contributed by atoms with Crippen molar-refractivity contribution in [1.29, 1.82) is 0 Å². The monoisotopic (exact) mass is 449 g/mol. The summed E-state index contributed by atoms with van der Waals surface area (Å²) >= 11 is 14.4. The smallest absolute Gasteiger partial charge is 0.251 e. The summed E-state index contributed by atoms with van der Waals surface area (Å²) in [5.41, 5.74) is 2.13. The number of carbonyl (C=O) groups excluding carboxylic acids is 2. The van der Waals surface area contributed by atoms with Crippen molar-refractivity contribution in [2.75, 3.05) is 4.90 Å². The summed E-state index contributed by atoms with van der Waals surface area (Å²) in [5.74, 6) is -2.02. The lowest BCUT2D eigenvalue weighted by Crippen LogP contribution is -2.58. The zero-order valence-electron chi connectivity index (χ0n) is 13.6. The number of thiocarbonyl (C=S) groups is 1. The highest BCUT2D eigenvalue weighted by Gasteiger charge is 2.38. The molecule has 3 rings (SSSR count). The molecule has 2 aromatic carbocycles. The van der Waals surface area contributed by atoms with Crippen molar-refractivity contribution >= 4 is 74.3 Å². The molecular formula is C18H13BrClN3O2S. The third-order valence-electron chi connectivity index (χ3n) is 3.81. The Hall–Kier alpha value is -2.09. The average Bonchev–Trinajstić information content (AvgIpc) is 2.57. The first-order valence-corrected chi connectivity index (χ1v) is 9.19. The lowest BCUT2D eigenvalue weighted by molar-refractivity contribution is -0.130. The van der Waals surface area contributed by atoms with Gasteiger partial charge in [0, 0.05) is 15.7 Å². The Morgan fingerprint density at radius 3 is 2.58 bits per heavy atom. The lowest BCUT2D eigenvalue weighted by atomic mass is 10.1. The van der Waals surface area contributed by atoms with E-state index in [1.54, 1.807) is 24.3 Å². The largest absolute Gasteiger partial charge is 0.301 e. The second kappa shape index (κ2) is 7.65. The van der Waals surface area contributed by atoms with Crippen molar-refractivity contribution in [2.45, 2.75) is 6.92 Å². The number of carbonyl (C=O) groups is 2. The van der Waals surface area contributed by atoms with E-state index in [1.165, 1.54) is 11.1 Å². The lowest BCUT2D eigenvalue weighted by Gasteiger charge is -2.30. The molecule has 5 nitrogen and oxygen atoms in total. The van der Waals surface area contributed by atoms with Gasteiger partial charge in [-0.15, -0.1) is 0 Å². The number of rotatable bonds is 3. The number of aliphatic imine (C=N–C) groups is 1. The fourth-order valence-corrected chi connectivity index (χ4v) is 3.37. The van der Waals surface area contributed by atoms with Crippen LogP contribution in [0.4, 0.5) is 11.4 Å². The van der Waals surface area contributed by atoms with Crippen molar-refractivity contribution in [3.8, 4) is 0 Å². The van der Waals surface area contributed by atoms with Crippen molar-refractivity contribution in [3.63, 3.8) is 0 Å². The standard InChI is InChI=1S/C18H13BrClN3O2S/c1-10-8-11(19)2-7-15(10)21-9-14-16(24)22-18(26)23(17(14)25)13-5-3-12(20)4-6-13/h2-9,14H,1H3,(H,22,24,26)/t14-/m0/s1. The van der Waals surface area contributed by atoms with Crippen LogP contribution < -0.4 is 10.2 Å². The van der Waals surface area contributed by atoms with Gasteiger partial charge in [0.15, 0.2) is 11.0 Å². The van der Waals surface area contributed by atoms with Crippen LogP contribution in [0.15, 0.2) is 51.9 Å². The van der Waals surface area contributed by atoms with Crippen molar-refractivity contribution in [2.24, 2.45) is 10.9 Å². The van der Waals surface area contributed by atoms with E-state index in [0.717, 1.165) is 10.0 Å².